The molecule has 0 saturated carbocycles. The van der Waals surface area contributed by atoms with E-state index >= 15 is 0 Å². The van der Waals surface area contributed by atoms with Gasteiger partial charge < -0.3 is 0 Å². The molecule has 0 aliphatic heterocycles. The molecule has 0 aliphatic rings. The monoisotopic (exact) mass is 418 g/mol. The summed E-state index contributed by atoms with van der Waals surface area (Å²) >= 11 is 0. The molecule has 0 fully saturated rings. The van der Waals surface area contributed by atoms with Crippen LogP contribution in [-0.2, 0) is 11.2 Å². The van der Waals surface area contributed by atoms with Crippen molar-refractivity contribution < 1.29 is 14.1 Å². The Bertz CT molecular complexity index is 1370. The molecule has 1 N–H and O–H groups in total. The minimum Gasteiger partial charge on any atom is -0.273 e. The fraction of sp³-hybridized carbons (Fsp3) is 0.0455. The number of halogens is 1. The van der Waals surface area contributed by atoms with Gasteiger partial charge in [-0.3, -0.25) is 25.1 Å². The molecule has 8 nitrogen and oxygen atoms in total. The molecular weight excluding hydrogens is 403 g/mol. The summed E-state index contributed by atoms with van der Waals surface area (Å²) in [7, 11) is 0. The summed E-state index contributed by atoms with van der Waals surface area (Å²) in [6.07, 6.45) is -0.145. The van der Waals surface area contributed by atoms with Crippen LogP contribution in [0.25, 0.3) is 22.3 Å². The highest BCUT2D eigenvalue weighted by Gasteiger charge is 2.17. The van der Waals surface area contributed by atoms with E-state index in [1.165, 1.54) is 42.5 Å². The van der Waals surface area contributed by atoms with Gasteiger partial charge in [0.25, 0.3) is 11.2 Å². The summed E-state index contributed by atoms with van der Waals surface area (Å²) in [5.41, 5.74) is 2.77. The molecule has 0 saturated heterocycles. The number of benzene rings is 3. The number of hydrogen-bond acceptors (Lipinski definition) is 5. The van der Waals surface area contributed by atoms with Crippen LogP contribution in [0.5, 0.6) is 0 Å². The molecule has 154 valence electrons. The number of amides is 1. The highest BCUT2D eigenvalue weighted by atomic mass is 19.1. The first-order chi connectivity index (χ1) is 14.9. The molecule has 1 heterocycles. The Morgan fingerprint density at radius 1 is 1.03 bits per heavy atom. The first-order valence-electron chi connectivity index (χ1n) is 9.24. The van der Waals surface area contributed by atoms with E-state index in [2.05, 4.69) is 10.4 Å². The van der Waals surface area contributed by atoms with Gasteiger partial charge in [-0.1, -0.05) is 36.4 Å². The maximum Gasteiger partial charge on any atom is 0.280 e. The van der Waals surface area contributed by atoms with Gasteiger partial charge in [0.15, 0.2) is 5.82 Å². The molecule has 0 aliphatic carbocycles. The number of nitrogens with zero attached hydrogens (tertiary/aromatic N) is 3. The topological polar surface area (TPSA) is 107 Å². The lowest BCUT2D eigenvalue weighted by molar-refractivity contribution is -0.384. The number of para-hydroxylation sites is 1. The summed E-state index contributed by atoms with van der Waals surface area (Å²) in [6, 6.07) is 17.9. The second-order valence-corrected chi connectivity index (χ2v) is 6.71. The molecule has 0 atom stereocenters. The normalized spacial score (nSPS) is 10.7. The minimum atomic E-state index is -0.594. The van der Waals surface area contributed by atoms with Gasteiger partial charge in [0.2, 0.25) is 5.91 Å². The lowest BCUT2D eigenvalue weighted by Crippen LogP contribution is -2.36. The van der Waals surface area contributed by atoms with Gasteiger partial charge in [0, 0.05) is 12.1 Å². The molecule has 9 heteroatoms. The summed E-state index contributed by atoms with van der Waals surface area (Å²) in [5.74, 6) is -1.20. The number of fused-ring (bicyclic) bond motifs is 1. The Kier molecular flexibility index (Phi) is 5.23. The third kappa shape index (κ3) is 4.01. The Labute approximate surface area is 174 Å². The zero-order valence-electron chi connectivity index (χ0n) is 16.0. The minimum absolute atomic E-state index is 0.0427. The van der Waals surface area contributed by atoms with E-state index in [4.69, 9.17) is 0 Å². The summed E-state index contributed by atoms with van der Waals surface area (Å²) in [4.78, 5) is 40.3. The highest BCUT2D eigenvalue weighted by Crippen LogP contribution is 2.21. The van der Waals surface area contributed by atoms with Gasteiger partial charge >= 0.3 is 0 Å². The molecule has 0 unspecified atom stereocenters. The van der Waals surface area contributed by atoms with E-state index in [1.54, 1.807) is 30.3 Å². The standard InChI is InChI=1S/C22H15FN4O4/c23-18-7-3-1-5-16(18)21-24-19-8-4-2-6-17(19)22(29)26(21)25-20(28)13-14-9-11-15(12-10-14)27(30)31/h1-12H,13H2,(H,25,28). The van der Waals surface area contributed by atoms with E-state index in [0.29, 0.717) is 11.1 Å². The van der Waals surface area contributed by atoms with Crippen molar-refractivity contribution >= 4 is 22.5 Å². The quantitative estimate of drug-likeness (QED) is 0.395. The number of carbonyl (C=O) groups is 1. The molecule has 0 radical (unpaired) electrons. The first-order valence-corrected chi connectivity index (χ1v) is 9.24. The Hall–Kier alpha value is -4.40. The van der Waals surface area contributed by atoms with Crippen molar-refractivity contribution in [2.45, 2.75) is 6.42 Å². The van der Waals surface area contributed by atoms with Crippen LogP contribution in [0.3, 0.4) is 0 Å². The van der Waals surface area contributed by atoms with Crippen LogP contribution in [0.1, 0.15) is 5.56 Å². The molecule has 0 spiro atoms. The second kappa shape index (κ2) is 8.15. The van der Waals surface area contributed by atoms with Gasteiger partial charge in [0.05, 0.1) is 27.8 Å². The van der Waals surface area contributed by atoms with Crippen molar-refractivity contribution in [3.63, 3.8) is 0 Å². The molecule has 1 aromatic heterocycles. The summed E-state index contributed by atoms with van der Waals surface area (Å²) < 4.78 is 15.4. The predicted octanol–water partition coefficient (Wildman–Crippen LogP) is 3.42. The van der Waals surface area contributed by atoms with E-state index in [1.807, 2.05) is 0 Å². The predicted molar refractivity (Wildman–Crippen MR) is 113 cm³/mol. The third-order valence-corrected chi connectivity index (χ3v) is 4.64. The van der Waals surface area contributed by atoms with Crippen LogP contribution in [0.4, 0.5) is 10.1 Å². The van der Waals surface area contributed by atoms with Crippen LogP contribution < -0.4 is 11.0 Å². The van der Waals surface area contributed by atoms with Crippen molar-refractivity contribution in [3.8, 4) is 11.4 Å². The fourth-order valence-electron chi connectivity index (χ4n) is 3.14. The van der Waals surface area contributed by atoms with Crippen LogP contribution in [0, 0.1) is 15.9 Å². The van der Waals surface area contributed by atoms with Crippen molar-refractivity contribution in [3.05, 3.63) is 105 Å². The van der Waals surface area contributed by atoms with E-state index in [0.717, 1.165) is 4.68 Å². The van der Waals surface area contributed by atoms with Gasteiger partial charge in [-0.2, -0.15) is 4.68 Å². The van der Waals surface area contributed by atoms with Crippen LogP contribution in [-0.4, -0.2) is 20.5 Å². The van der Waals surface area contributed by atoms with Crippen molar-refractivity contribution in [1.29, 1.82) is 0 Å². The number of hydrogen-bond donors (Lipinski definition) is 1. The largest absolute Gasteiger partial charge is 0.280 e. The molecule has 4 rings (SSSR count). The lowest BCUT2D eigenvalue weighted by Gasteiger charge is -2.15. The van der Waals surface area contributed by atoms with E-state index in [-0.39, 0.29) is 28.9 Å². The fourth-order valence-corrected chi connectivity index (χ4v) is 3.14. The number of non-ortho nitro benzene ring substituents is 1. The number of aromatic nitrogens is 2. The van der Waals surface area contributed by atoms with Crippen LogP contribution in [0.15, 0.2) is 77.6 Å². The molecular formula is C22H15FN4O4. The number of nitrogens with one attached hydrogen (secondary N) is 1. The van der Waals surface area contributed by atoms with Crippen molar-refractivity contribution in [2.75, 3.05) is 5.43 Å². The second-order valence-electron chi connectivity index (χ2n) is 6.71. The first kappa shape index (κ1) is 19.9. The molecule has 3 aromatic carbocycles. The van der Waals surface area contributed by atoms with E-state index in [9.17, 15) is 24.1 Å². The zero-order chi connectivity index (χ0) is 22.0. The number of carbonyl (C=O) groups excluding carboxylic acids is 1. The highest BCUT2D eigenvalue weighted by molar-refractivity contribution is 5.87. The maximum absolute atomic E-state index is 14.5. The van der Waals surface area contributed by atoms with Crippen molar-refractivity contribution in [1.82, 2.24) is 9.66 Å². The third-order valence-electron chi connectivity index (χ3n) is 4.64. The molecule has 1 amide bonds. The smallest absolute Gasteiger partial charge is 0.273 e. The molecule has 0 bridgehead atoms. The Balaban J connectivity index is 1.73. The Morgan fingerprint density at radius 3 is 2.42 bits per heavy atom. The Morgan fingerprint density at radius 2 is 1.71 bits per heavy atom. The SMILES string of the molecule is O=C(Cc1ccc([N+](=O)[O-])cc1)Nn1c(-c2ccccc2F)nc2ccccc2c1=O. The van der Waals surface area contributed by atoms with Gasteiger partial charge in [-0.05, 0) is 29.8 Å². The summed E-state index contributed by atoms with van der Waals surface area (Å²) in [5, 5.41) is 11.0. The van der Waals surface area contributed by atoms with Gasteiger partial charge in [-0.15, -0.1) is 0 Å². The van der Waals surface area contributed by atoms with Crippen LogP contribution in [0.2, 0.25) is 0 Å². The number of nitro benzene ring substituents is 1. The van der Waals surface area contributed by atoms with E-state index < -0.39 is 22.2 Å². The lowest BCUT2D eigenvalue weighted by atomic mass is 10.1. The average Bonchev–Trinajstić information content (AvgIpc) is 2.76. The zero-order valence-corrected chi connectivity index (χ0v) is 16.0. The van der Waals surface area contributed by atoms with Gasteiger partial charge in [0.1, 0.15) is 5.82 Å². The number of rotatable bonds is 5. The average molecular weight is 418 g/mol. The van der Waals surface area contributed by atoms with Gasteiger partial charge in [-0.25, -0.2) is 9.37 Å². The van der Waals surface area contributed by atoms with Crippen LogP contribution >= 0.6 is 0 Å². The number of nitro groups is 1. The molecule has 4 aromatic rings. The summed E-state index contributed by atoms with van der Waals surface area (Å²) in [6.45, 7) is 0. The maximum atomic E-state index is 14.5. The molecule has 31 heavy (non-hydrogen) atoms. The van der Waals surface area contributed by atoms with Crippen molar-refractivity contribution in [2.24, 2.45) is 0 Å².